The lowest BCUT2D eigenvalue weighted by molar-refractivity contribution is 0.535. The Morgan fingerprint density at radius 3 is 2.72 bits per heavy atom. The molecule has 0 fully saturated rings. The van der Waals surface area contributed by atoms with Crippen molar-refractivity contribution < 1.29 is 0 Å². The molecule has 0 radical (unpaired) electrons. The van der Waals surface area contributed by atoms with E-state index in [2.05, 4.69) is 54.6 Å². The third-order valence-electron chi connectivity index (χ3n) is 3.10. The number of benzene rings is 1. The molecule has 0 aliphatic heterocycles. The summed E-state index contributed by atoms with van der Waals surface area (Å²) in [5.74, 6) is 5.67. The molecule has 2 rings (SSSR count). The zero-order chi connectivity index (χ0) is 13.0. The molecule has 0 bridgehead atoms. The largest absolute Gasteiger partial charge is 0.271 e. The molecule has 1 heterocycles. The van der Waals surface area contributed by atoms with Crippen LogP contribution in [0.3, 0.4) is 0 Å². The first-order valence-corrected chi connectivity index (χ1v) is 6.14. The Kier molecular flexibility index (Phi) is 4.07. The fraction of sp³-hybridized carbons (Fsp3) is 0.267. The molecule has 0 saturated carbocycles. The number of hydrazine groups is 1. The van der Waals surface area contributed by atoms with Gasteiger partial charge in [-0.25, -0.2) is 0 Å². The SMILES string of the molecule is Cc1cccc(CC(NN)c2ncccc2C)c1. The van der Waals surface area contributed by atoms with Crippen LogP contribution >= 0.6 is 0 Å². The molecule has 1 atom stereocenters. The van der Waals surface area contributed by atoms with Crippen molar-refractivity contribution in [3.63, 3.8) is 0 Å². The quantitative estimate of drug-likeness (QED) is 0.638. The van der Waals surface area contributed by atoms with Crippen LogP contribution in [0.4, 0.5) is 0 Å². The van der Waals surface area contributed by atoms with Crippen LogP contribution in [0.25, 0.3) is 0 Å². The number of nitrogens with zero attached hydrogens (tertiary/aromatic N) is 1. The van der Waals surface area contributed by atoms with Gasteiger partial charge in [-0.1, -0.05) is 35.9 Å². The third kappa shape index (κ3) is 2.94. The van der Waals surface area contributed by atoms with E-state index in [0.29, 0.717) is 0 Å². The molecule has 0 aliphatic rings. The predicted molar refractivity (Wildman–Crippen MR) is 73.9 cm³/mol. The standard InChI is InChI=1S/C15H19N3/c1-11-5-3-7-13(9-11)10-14(18-16)15-12(2)6-4-8-17-15/h3-9,14,18H,10,16H2,1-2H3. The molecule has 3 N–H and O–H groups in total. The van der Waals surface area contributed by atoms with Crippen molar-refractivity contribution >= 4 is 0 Å². The third-order valence-corrected chi connectivity index (χ3v) is 3.10. The Hall–Kier alpha value is -1.71. The molecule has 18 heavy (non-hydrogen) atoms. The van der Waals surface area contributed by atoms with E-state index in [9.17, 15) is 0 Å². The molecule has 3 heteroatoms. The van der Waals surface area contributed by atoms with Crippen molar-refractivity contribution in [1.82, 2.24) is 10.4 Å². The highest BCUT2D eigenvalue weighted by Crippen LogP contribution is 2.19. The van der Waals surface area contributed by atoms with Crippen molar-refractivity contribution in [1.29, 1.82) is 0 Å². The van der Waals surface area contributed by atoms with Gasteiger partial charge in [0.05, 0.1) is 11.7 Å². The second-order valence-corrected chi connectivity index (χ2v) is 4.62. The van der Waals surface area contributed by atoms with Gasteiger partial charge in [-0.05, 0) is 37.5 Å². The monoisotopic (exact) mass is 241 g/mol. The van der Waals surface area contributed by atoms with Crippen molar-refractivity contribution in [3.05, 3.63) is 65.0 Å². The van der Waals surface area contributed by atoms with E-state index in [1.807, 2.05) is 12.3 Å². The minimum absolute atomic E-state index is 0.0491. The van der Waals surface area contributed by atoms with E-state index in [4.69, 9.17) is 5.84 Å². The van der Waals surface area contributed by atoms with Crippen LogP contribution < -0.4 is 11.3 Å². The highest BCUT2D eigenvalue weighted by Gasteiger charge is 2.14. The lowest BCUT2D eigenvalue weighted by atomic mass is 9.99. The lowest BCUT2D eigenvalue weighted by Crippen LogP contribution is -2.30. The highest BCUT2D eigenvalue weighted by atomic mass is 15.2. The topological polar surface area (TPSA) is 50.9 Å². The molecule has 1 aromatic heterocycles. The summed E-state index contributed by atoms with van der Waals surface area (Å²) in [5, 5.41) is 0. The Balaban J connectivity index is 2.23. The number of aromatic nitrogens is 1. The van der Waals surface area contributed by atoms with Crippen molar-refractivity contribution in [2.45, 2.75) is 26.3 Å². The number of hydrogen-bond acceptors (Lipinski definition) is 3. The van der Waals surface area contributed by atoms with Crippen LogP contribution in [0.2, 0.25) is 0 Å². The van der Waals surface area contributed by atoms with Crippen LogP contribution in [-0.4, -0.2) is 4.98 Å². The molecular weight excluding hydrogens is 222 g/mol. The summed E-state index contributed by atoms with van der Waals surface area (Å²) in [6, 6.07) is 12.5. The number of nitrogens with two attached hydrogens (primary N) is 1. The van der Waals surface area contributed by atoms with E-state index >= 15 is 0 Å². The summed E-state index contributed by atoms with van der Waals surface area (Å²) in [5.41, 5.74) is 7.57. The number of nitrogens with one attached hydrogen (secondary N) is 1. The first-order valence-electron chi connectivity index (χ1n) is 6.14. The number of pyridine rings is 1. The van der Waals surface area contributed by atoms with E-state index < -0.39 is 0 Å². The van der Waals surface area contributed by atoms with Gasteiger partial charge in [-0.2, -0.15) is 0 Å². The molecule has 3 nitrogen and oxygen atoms in total. The molecule has 0 saturated heterocycles. The summed E-state index contributed by atoms with van der Waals surface area (Å²) >= 11 is 0. The maximum Gasteiger partial charge on any atom is 0.0675 e. The van der Waals surface area contributed by atoms with Crippen LogP contribution in [0, 0.1) is 13.8 Å². The molecule has 1 aromatic carbocycles. The maximum atomic E-state index is 5.67. The Morgan fingerprint density at radius 1 is 1.22 bits per heavy atom. The molecule has 2 aromatic rings. The lowest BCUT2D eigenvalue weighted by Gasteiger charge is -2.17. The van der Waals surface area contributed by atoms with Crippen LogP contribution in [-0.2, 0) is 6.42 Å². The van der Waals surface area contributed by atoms with Gasteiger partial charge in [-0.15, -0.1) is 0 Å². The molecule has 94 valence electrons. The molecule has 0 amide bonds. The zero-order valence-corrected chi connectivity index (χ0v) is 10.9. The van der Waals surface area contributed by atoms with E-state index in [0.717, 1.165) is 17.7 Å². The van der Waals surface area contributed by atoms with E-state index in [1.54, 1.807) is 0 Å². The minimum Gasteiger partial charge on any atom is -0.271 e. The Morgan fingerprint density at radius 2 is 2.06 bits per heavy atom. The van der Waals surface area contributed by atoms with Gasteiger partial charge < -0.3 is 0 Å². The summed E-state index contributed by atoms with van der Waals surface area (Å²) in [7, 11) is 0. The first kappa shape index (κ1) is 12.7. The smallest absolute Gasteiger partial charge is 0.0675 e. The van der Waals surface area contributed by atoms with E-state index in [1.165, 1.54) is 11.1 Å². The fourth-order valence-electron chi connectivity index (χ4n) is 2.17. The molecule has 0 aliphatic carbocycles. The summed E-state index contributed by atoms with van der Waals surface area (Å²) in [6.45, 7) is 4.16. The maximum absolute atomic E-state index is 5.67. The van der Waals surface area contributed by atoms with Crippen molar-refractivity contribution in [2.24, 2.45) is 5.84 Å². The second kappa shape index (κ2) is 5.76. The van der Waals surface area contributed by atoms with Crippen molar-refractivity contribution in [3.8, 4) is 0 Å². The zero-order valence-electron chi connectivity index (χ0n) is 10.9. The van der Waals surface area contributed by atoms with Gasteiger partial charge in [-0.3, -0.25) is 16.3 Å². The van der Waals surface area contributed by atoms with Gasteiger partial charge in [0.1, 0.15) is 0 Å². The normalized spacial score (nSPS) is 12.4. The fourth-order valence-corrected chi connectivity index (χ4v) is 2.17. The van der Waals surface area contributed by atoms with Gasteiger partial charge in [0, 0.05) is 6.20 Å². The number of aryl methyl sites for hydroxylation is 2. The minimum atomic E-state index is 0.0491. The average Bonchev–Trinajstić information content (AvgIpc) is 2.37. The number of hydrogen-bond donors (Lipinski definition) is 2. The van der Waals surface area contributed by atoms with Gasteiger partial charge in [0.2, 0.25) is 0 Å². The summed E-state index contributed by atoms with van der Waals surface area (Å²) in [6.07, 6.45) is 2.65. The summed E-state index contributed by atoms with van der Waals surface area (Å²) in [4.78, 5) is 4.43. The van der Waals surface area contributed by atoms with Crippen molar-refractivity contribution in [2.75, 3.05) is 0 Å². The van der Waals surface area contributed by atoms with Crippen LogP contribution in [0.1, 0.15) is 28.4 Å². The van der Waals surface area contributed by atoms with Gasteiger partial charge in [0.25, 0.3) is 0 Å². The van der Waals surface area contributed by atoms with E-state index in [-0.39, 0.29) is 6.04 Å². The molecule has 1 unspecified atom stereocenters. The molecular formula is C15H19N3. The van der Waals surface area contributed by atoms with Gasteiger partial charge in [0.15, 0.2) is 0 Å². The highest BCUT2D eigenvalue weighted by molar-refractivity contribution is 5.27. The average molecular weight is 241 g/mol. The number of rotatable bonds is 4. The molecule has 0 spiro atoms. The Bertz CT molecular complexity index is 523. The van der Waals surface area contributed by atoms with Crippen LogP contribution in [0.5, 0.6) is 0 Å². The summed E-state index contributed by atoms with van der Waals surface area (Å²) < 4.78 is 0. The second-order valence-electron chi connectivity index (χ2n) is 4.62. The Labute approximate surface area is 108 Å². The van der Waals surface area contributed by atoms with Gasteiger partial charge >= 0.3 is 0 Å². The first-order chi connectivity index (χ1) is 8.70. The predicted octanol–water partition coefficient (Wildman–Crippen LogP) is 2.45. The van der Waals surface area contributed by atoms with Crippen LogP contribution in [0.15, 0.2) is 42.6 Å².